The lowest BCUT2D eigenvalue weighted by molar-refractivity contribution is -0.143. The fraction of sp³-hybridized carbons (Fsp3) is 0.462. The number of esters is 1. The molecule has 1 heterocycles. The van der Waals surface area contributed by atoms with Crippen LogP contribution in [0.4, 0.5) is 4.79 Å². The minimum atomic E-state index is -0.984. The SMILES string of the molecule is COC(=O)C(NC(=O)OC(C)(C)C)c1cc(C#N)cs1. The van der Waals surface area contributed by atoms with Crippen LogP contribution < -0.4 is 5.32 Å². The molecule has 0 aliphatic heterocycles. The maximum absolute atomic E-state index is 11.7. The number of rotatable bonds is 3. The second kappa shape index (κ2) is 6.39. The molecule has 108 valence electrons. The summed E-state index contributed by atoms with van der Waals surface area (Å²) in [5.74, 6) is -0.623. The molecule has 0 aliphatic carbocycles. The van der Waals surface area contributed by atoms with Crippen LogP contribution in [-0.4, -0.2) is 24.8 Å². The van der Waals surface area contributed by atoms with Gasteiger partial charge in [0, 0.05) is 10.3 Å². The first kappa shape index (κ1) is 16.0. The Morgan fingerprint density at radius 3 is 2.55 bits per heavy atom. The topological polar surface area (TPSA) is 88.4 Å². The number of amides is 1. The Morgan fingerprint density at radius 1 is 1.45 bits per heavy atom. The van der Waals surface area contributed by atoms with Gasteiger partial charge in [-0.25, -0.2) is 9.59 Å². The van der Waals surface area contributed by atoms with Gasteiger partial charge >= 0.3 is 12.1 Å². The molecule has 0 aliphatic rings. The molecule has 1 unspecified atom stereocenters. The predicted octanol–water partition coefficient (Wildman–Crippen LogP) is 2.36. The van der Waals surface area contributed by atoms with Gasteiger partial charge in [-0.2, -0.15) is 5.26 Å². The highest BCUT2D eigenvalue weighted by Gasteiger charge is 2.27. The average molecular weight is 296 g/mol. The number of hydrogen-bond acceptors (Lipinski definition) is 6. The van der Waals surface area contributed by atoms with E-state index in [2.05, 4.69) is 10.1 Å². The van der Waals surface area contributed by atoms with Crippen LogP contribution in [0.15, 0.2) is 11.4 Å². The number of ether oxygens (including phenoxy) is 2. The van der Waals surface area contributed by atoms with Gasteiger partial charge in [-0.05, 0) is 26.8 Å². The highest BCUT2D eigenvalue weighted by molar-refractivity contribution is 7.10. The molecule has 20 heavy (non-hydrogen) atoms. The third-order valence-electron chi connectivity index (χ3n) is 2.13. The van der Waals surface area contributed by atoms with Crippen molar-refractivity contribution in [2.45, 2.75) is 32.4 Å². The molecule has 1 atom stereocenters. The van der Waals surface area contributed by atoms with E-state index in [0.717, 1.165) is 0 Å². The van der Waals surface area contributed by atoms with Crippen molar-refractivity contribution in [2.24, 2.45) is 0 Å². The first-order valence-corrected chi connectivity index (χ1v) is 6.70. The van der Waals surface area contributed by atoms with Crippen LogP contribution in [0.5, 0.6) is 0 Å². The van der Waals surface area contributed by atoms with E-state index in [1.807, 2.05) is 6.07 Å². The van der Waals surface area contributed by atoms with Gasteiger partial charge in [0.25, 0.3) is 0 Å². The number of alkyl carbamates (subject to hydrolysis) is 1. The number of carbonyl (C=O) groups excluding carboxylic acids is 2. The van der Waals surface area contributed by atoms with Gasteiger partial charge in [0.1, 0.15) is 11.7 Å². The number of nitriles is 1. The maximum atomic E-state index is 11.7. The first-order valence-electron chi connectivity index (χ1n) is 5.82. The van der Waals surface area contributed by atoms with Crippen LogP contribution in [0.3, 0.4) is 0 Å². The van der Waals surface area contributed by atoms with Crippen molar-refractivity contribution in [3.63, 3.8) is 0 Å². The Bertz CT molecular complexity index is 539. The molecule has 1 N–H and O–H groups in total. The fourth-order valence-electron chi connectivity index (χ4n) is 1.35. The van der Waals surface area contributed by atoms with Crippen molar-refractivity contribution in [3.05, 3.63) is 21.9 Å². The molecule has 0 saturated carbocycles. The van der Waals surface area contributed by atoms with Gasteiger partial charge in [0.05, 0.1) is 12.7 Å². The van der Waals surface area contributed by atoms with Crippen molar-refractivity contribution in [1.82, 2.24) is 5.32 Å². The summed E-state index contributed by atoms with van der Waals surface area (Å²) in [5, 5.41) is 12.8. The molecule has 0 bridgehead atoms. The van der Waals surface area contributed by atoms with Gasteiger partial charge < -0.3 is 14.8 Å². The van der Waals surface area contributed by atoms with Gasteiger partial charge in [-0.1, -0.05) is 0 Å². The quantitative estimate of drug-likeness (QED) is 0.865. The molecular formula is C13H16N2O4S. The van der Waals surface area contributed by atoms with Crippen LogP contribution >= 0.6 is 11.3 Å². The molecule has 1 aromatic heterocycles. The Morgan fingerprint density at radius 2 is 2.10 bits per heavy atom. The van der Waals surface area contributed by atoms with Gasteiger partial charge in [0.2, 0.25) is 0 Å². The molecule has 0 saturated heterocycles. The number of nitrogens with zero attached hydrogens (tertiary/aromatic N) is 1. The lowest BCUT2D eigenvalue weighted by atomic mass is 10.2. The van der Waals surface area contributed by atoms with Crippen molar-refractivity contribution < 1.29 is 19.1 Å². The summed E-state index contributed by atoms with van der Waals surface area (Å²) in [5.41, 5.74) is -0.247. The Hall–Kier alpha value is -2.07. The zero-order chi connectivity index (χ0) is 15.3. The smallest absolute Gasteiger partial charge is 0.408 e. The molecule has 1 aromatic rings. The first-order chi connectivity index (χ1) is 9.26. The Kier molecular flexibility index (Phi) is 5.11. The monoisotopic (exact) mass is 296 g/mol. The van der Waals surface area contributed by atoms with E-state index in [1.54, 1.807) is 26.2 Å². The van der Waals surface area contributed by atoms with Crippen LogP contribution in [0.25, 0.3) is 0 Å². The van der Waals surface area contributed by atoms with Crippen molar-refractivity contribution >= 4 is 23.4 Å². The van der Waals surface area contributed by atoms with Gasteiger partial charge in [-0.15, -0.1) is 11.3 Å². The number of hydrogen-bond donors (Lipinski definition) is 1. The average Bonchev–Trinajstić information content (AvgIpc) is 2.81. The third kappa shape index (κ3) is 4.55. The minimum Gasteiger partial charge on any atom is -0.467 e. The lowest BCUT2D eigenvalue weighted by Crippen LogP contribution is -2.38. The number of nitrogens with one attached hydrogen (secondary N) is 1. The van der Waals surface area contributed by atoms with E-state index in [9.17, 15) is 9.59 Å². The lowest BCUT2D eigenvalue weighted by Gasteiger charge is -2.22. The third-order valence-corrected chi connectivity index (χ3v) is 3.13. The van der Waals surface area contributed by atoms with Crippen molar-refractivity contribution in [1.29, 1.82) is 5.26 Å². The molecule has 0 aromatic carbocycles. The van der Waals surface area contributed by atoms with E-state index in [0.29, 0.717) is 10.4 Å². The standard InChI is InChI=1S/C13H16N2O4S/c1-13(2,3)19-12(17)15-10(11(16)18-4)9-5-8(6-14)7-20-9/h5,7,10H,1-4H3,(H,15,17). The van der Waals surface area contributed by atoms with Crippen LogP contribution in [-0.2, 0) is 14.3 Å². The highest BCUT2D eigenvalue weighted by Crippen LogP contribution is 2.23. The summed E-state index contributed by atoms with van der Waals surface area (Å²) >= 11 is 1.19. The number of carbonyl (C=O) groups is 2. The highest BCUT2D eigenvalue weighted by atomic mass is 32.1. The summed E-state index contributed by atoms with van der Waals surface area (Å²) in [6, 6.07) is 2.51. The van der Waals surface area contributed by atoms with Crippen LogP contribution in [0, 0.1) is 11.3 Å². The summed E-state index contributed by atoms with van der Waals surface area (Å²) < 4.78 is 9.75. The normalized spacial score (nSPS) is 12.2. The largest absolute Gasteiger partial charge is 0.467 e. The molecule has 1 amide bonds. The second-order valence-electron chi connectivity index (χ2n) is 4.95. The maximum Gasteiger partial charge on any atom is 0.408 e. The van der Waals surface area contributed by atoms with E-state index in [4.69, 9.17) is 10.00 Å². The molecule has 1 rings (SSSR count). The molecule has 7 heteroatoms. The predicted molar refractivity (Wildman–Crippen MR) is 73.2 cm³/mol. The molecular weight excluding hydrogens is 280 g/mol. The summed E-state index contributed by atoms with van der Waals surface area (Å²) in [7, 11) is 1.23. The van der Waals surface area contributed by atoms with Crippen molar-refractivity contribution in [2.75, 3.05) is 7.11 Å². The van der Waals surface area contributed by atoms with Crippen LogP contribution in [0.1, 0.15) is 37.3 Å². The molecule has 0 fully saturated rings. The fourth-order valence-corrected chi connectivity index (χ4v) is 2.22. The van der Waals surface area contributed by atoms with Gasteiger partial charge in [0.15, 0.2) is 6.04 Å². The number of methoxy groups -OCH3 is 1. The molecule has 6 nitrogen and oxygen atoms in total. The van der Waals surface area contributed by atoms with E-state index in [1.165, 1.54) is 24.5 Å². The van der Waals surface area contributed by atoms with E-state index in [-0.39, 0.29) is 0 Å². The summed E-state index contributed by atoms with van der Waals surface area (Å²) in [6.07, 6.45) is -0.722. The van der Waals surface area contributed by atoms with Crippen LogP contribution in [0.2, 0.25) is 0 Å². The molecule has 0 radical (unpaired) electrons. The Labute approximate surface area is 121 Å². The number of thiophene rings is 1. The van der Waals surface area contributed by atoms with E-state index < -0.39 is 23.7 Å². The second-order valence-corrected chi connectivity index (χ2v) is 5.89. The van der Waals surface area contributed by atoms with Crippen molar-refractivity contribution in [3.8, 4) is 6.07 Å². The van der Waals surface area contributed by atoms with Gasteiger partial charge in [-0.3, -0.25) is 0 Å². The summed E-state index contributed by atoms with van der Waals surface area (Å²) in [6.45, 7) is 5.16. The molecule has 0 spiro atoms. The van der Waals surface area contributed by atoms with E-state index >= 15 is 0 Å². The minimum absolute atomic E-state index is 0.421. The summed E-state index contributed by atoms with van der Waals surface area (Å²) in [4.78, 5) is 24.0. The zero-order valence-electron chi connectivity index (χ0n) is 11.7. The zero-order valence-corrected chi connectivity index (χ0v) is 12.5. The Balaban J connectivity index is 2.89.